The lowest BCUT2D eigenvalue weighted by Gasteiger charge is -2.38. The van der Waals surface area contributed by atoms with Crippen molar-refractivity contribution in [3.63, 3.8) is 0 Å². The molecule has 0 aliphatic carbocycles. The van der Waals surface area contributed by atoms with Gasteiger partial charge in [0.2, 0.25) is 10.0 Å². The monoisotopic (exact) mass is 327 g/mol. The van der Waals surface area contributed by atoms with E-state index in [9.17, 15) is 13.2 Å². The Labute approximate surface area is 130 Å². The number of benzene rings is 1. The number of amides is 2. The van der Waals surface area contributed by atoms with Crippen LogP contribution in [0.3, 0.4) is 0 Å². The molecule has 1 aromatic rings. The quantitative estimate of drug-likeness (QED) is 0.832. The highest BCUT2D eigenvalue weighted by Gasteiger charge is 2.34. The van der Waals surface area contributed by atoms with Crippen molar-refractivity contribution in [3.8, 4) is 0 Å². The normalized spacial score (nSPS) is 16.5. The molecule has 0 spiro atoms. The van der Waals surface area contributed by atoms with Gasteiger partial charge in [0, 0.05) is 13.6 Å². The topological polar surface area (TPSA) is 87.7 Å². The predicted octanol–water partition coefficient (Wildman–Crippen LogP) is 0.670. The molecule has 1 saturated heterocycles. The molecule has 2 N–H and O–H groups in total. The summed E-state index contributed by atoms with van der Waals surface area (Å²) in [5.41, 5.74) is 1.07. The Morgan fingerprint density at radius 2 is 2.09 bits per heavy atom. The van der Waals surface area contributed by atoms with Crippen LogP contribution in [0.25, 0.3) is 0 Å². The molecule has 1 heterocycles. The van der Waals surface area contributed by atoms with E-state index >= 15 is 0 Å². The second-order valence-corrected chi connectivity index (χ2v) is 7.78. The molecule has 0 aromatic heterocycles. The van der Waals surface area contributed by atoms with Gasteiger partial charge in [-0.2, -0.15) is 0 Å². The van der Waals surface area contributed by atoms with Gasteiger partial charge >= 0.3 is 6.03 Å². The van der Waals surface area contributed by atoms with Gasteiger partial charge in [-0.25, -0.2) is 13.2 Å². The van der Waals surface area contributed by atoms with Crippen molar-refractivity contribution in [3.05, 3.63) is 29.8 Å². The van der Waals surface area contributed by atoms with E-state index in [0.717, 1.165) is 11.8 Å². The number of urea groups is 1. The molecule has 1 aliphatic rings. The van der Waals surface area contributed by atoms with Crippen LogP contribution in [0.1, 0.15) is 12.5 Å². The summed E-state index contributed by atoms with van der Waals surface area (Å²) in [5.74, 6) is 0. The molecule has 22 heavy (non-hydrogen) atoms. The Hall–Kier alpha value is -1.80. The Bertz CT molecular complexity index is 656. The van der Waals surface area contributed by atoms with Crippen LogP contribution >= 0.6 is 0 Å². The van der Waals surface area contributed by atoms with Gasteiger partial charge < -0.3 is 15.4 Å². The zero-order valence-electron chi connectivity index (χ0n) is 12.9. The minimum absolute atomic E-state index is 0.271. The van der Waals surface area contributed by atoms with Crippen molar-refractivity contribution >= 4 is 21.7 Å². The Kier molecular flexibility index (Phi) is 4.62. The fraction of sp³-hybridized carbons (Fsp3) is 0.500. The molecule has 7 nitrogen and oxygen atoms in total. The number of rotatable bonds is 5. The van der Waals surface area contributed by atoms with Crippen LogP contribution < -0.4 is 14.9 Å². The van der Waals surface area contributed by atoms with E-state index in [1.54, 1.807) is 18.2 Å². The minimum Gasteiger partial charge on any atom is -0.376 e. The fourth-order valence-corrected chi connectivity index (χ4v) is 2.53. The summed E-state index contributed by atoms with van der Waals surface area (Å²) in [6.45, 7) is 3.25. The summed E-state index contributed by atoms with van der Waals surface area (Å²) in [5, 5.41) is 5.60. The maximum Gasteiger partial charge on any atom is 0.315 e. The van der Waals surface area contributed by atoms with E-state index in [1.807, 2.05) is 13.0 Å². The second kappa shape index (κ2) is 6.13. The highest BCUT2D eigenvalue weighted by atomic mass is 32.2. The standard InChI is InChI=1S/C14H21N3O4S/c1-14(9-21-10-14)16-13(18)15-8-11-5-4-6-12(7-11)17(2)22(3,19)20/h4-7H,8-10H2,1-3H3,(H2,15,16,18). The van der Waals surface area contributed by atoms with Crippen molar-refractivity contribution in [1.82, 2.24) is 10.6 Å². The first kappa shape index (κ1) is 16.6. The number of carbonyl (C=O) groups is 1. The summed E-state index contributed by atoms with van der Waals surface area (Å²) in [4.78, 5) is 11.8. The summed E-state index contributed by atoms with van der Waals surface area (Å²) >= 11 is 0. The van der Waals surface area contributed by atoms with Gasteiger partial charge in [0.1, 0.15) is 0 Å². The van der Waals surface area contributed by atoms with Crippen LogP contribution in [0.2, 0.25) is 0 Å². The first-order valence-electron chi connectivity index (χ1n) is 6.86. The average molecular weight is 327 g/mol. The van der Waals surface area contributed by atoms with Crippen molar-refractivity contribution in [2.45, 2.75) is 19.0 Å². The van der Waals surface area contributed by atoms with E-state index in [1.165, 1.54) is 11.4 Å². The SMILES string of the molecule is CN(c1cccc(CNC(=O)NC2(C)COC2)c1)S(C)(=O)=O. The third-order valence-electron chi connectivity index (χ3n) is 3.48. The highest BCUT2D eigenvalue weighted by Crippen LogP contribution is 2.17. The van der Waals surface area contributed by atoms with Crippen LogP contribution in [0.15, 0.2) is 24.3 Å². The predicted molar refractivity (Wildman–Crippen MR) is 84.3 cm³/mol. The Morgan fingerprint density at radius 3 is 2.64 bits per heavy atom. The van der Waals surface area contributed by atoms with Gasteiger partial charge in [-0.05, 0) is 24.6 Å². The third-order valence-corrected chi connectivity index (χ3v) is 4.69. The van der Waals surface area contributed by atoms with E-state index in [-0.39, 0.29) is 11.6 Å². The zero-order valence-corrected chi connectivity index (χ0v) is 13.7. The van der Waals surface area contributed by atoms with Crippen LogP contribution in [-0.2, 0) is 21.3 Å². The maximum absolute atomic E-state index is 11.8. The summed E-state index contributed by atoms with van der Waals surface area (Å²) in [6.07, 6.45) is 1.15. The van der Waals surface area contributed by atoms with Gasteiger partial charge in [0.15, 0.2) is 0 Å². The molecule has 8 heteroatoms. The smallest absolute Gasteiger partial charge is 0.315 e. The van der Waals surface area contributed by atoms with Crippen molar-refractivity contribution in [1.29, 1.82) is 0 Å². The average Bonchev–Trinajstić information content (AvgIpc) is 2.42. The maximum atomic E-state index is 11.8. The largest absolute Gasteiger partial charge is 0.376 e. The Balaban J connectivity index is 1.94. The first-order chi connectivity index (χ1) is 10.2. The molecule has 1 fully saturated rings. The van der Waals surface area contributed by atoms with Crippen LogP contribution in [0.5, 0.6) is 0 Å². The number of hydrogen-bond donors (Lipinski definition) is 2. The Morgan fingerprint density at radius 1 is 1.41 bits per heavy atom. The van der Waals surface area contributed by atoms with Gasteiger partial charge in [0.25, 0.3) is 0 Å². The van der Waals surface area contributed by atoms with Crippen LogP contribution in [0, 0.1) is 0 Å². The summed E-state index contributed by atoms with van der Waals surface area (Å²) in [7, 11) is -1.81. The van der Waals surface area contributed by atoms with E-state index in [2.05, 4.69) is 10.6 Å². The second-order valence-electron chi connectivity index (χ2n) is 5.76. The number of anilines is 1. The molecule has 0 bridgehead atoms. The highest BCUT2D eigenvalue weighted by molar-refractivity contribution is 7.92. The number of carbonyl (C=O) groups excluding carboxylic acids is 1. The van der Waals surface area contributed by atoms with Gasteiger partial charge in [-0.15, -0.1) is 0 Å². The zero-order chi connectivity index (χ0) is 16.4. The molecule has 2 rings (SSSR count). The molecule has 1 aromatic carbocycles. The van der Waals surface area contributed by atoms with E-state index < -0.39 is 10.0 Å². The van der Waals surface area contributed by atoms with Crippen molar-refractivity contribution in [2.75, 3.05) is 30.8 Å². The molecule has 0 atom stereocenters. The summed E-state index contributed by atoms with van der Waals surface area (Å²) in [6, 6.07) is 6.75. The van der Waals surface area contributed by atoms with Crippen LogP contribution in [0.4, 0.5) is 10.5 Å². The lowest BCUT2D eigenvalue weighted by atomic mass is 10.0. The number of hydrogen-bond acceptors (Lipinski definition) is 4. The lowest BCUT2D eigenvalue weighted by Crippen LogP contribution is -2.61. The van der Waals surface area contributed by atoms with E-state index in [4.69, 9.17) is 4.74 Å². The molecule has 0 unspecified atom stereocenters. The number of sulfonamides is 1. The van der Waals surface area contributed by atoms with Crippen LogP contribution in [-0.4, -0.2) is 46.5 Å². The molecular weight excluding hydrogens is 306 g/mol. The van der Waals surface area contributed by atoms with Crippen molar-refractivity contribution < 1.29 is 17.9 Å². The molecule has 2 amide bonds. The third kappa shape index (κ3) is 4.11. The molecule has 0 saturated carbocycles. The van der Waals surface area contributed by atoms with Crippen molar-refractivity contribution in [2.24, 2.45) is 0 Å². The van der Waals surface area contributed by atoms with Gasteiger partial charge in [0.05, 0.1) is 30.7 Å². The van der Waals surface area contributed by atoms with Gasteiger partial charge in [-0.1, -0.05) is 12.1 Å². The fourth-order valence-electron chi connectivity index (χ4n) is 2.03. The van der Waals surface area contributed by atoms with Gasteiger partial charge in [-0.3, -0.25) is 4.31 Å². The number of ether oxygens (including phenoxy) is 1. The molecule has 1 aliphatic heterocycles. The molecule has 0 radical (unpaired) electrons. The number of nitrogens with one attached hydrogen (secondary N) is 2. The molecule has 122 valence electrons. The minimum atomic E-state index is -3.30. The molecular formula is C14H21N3O4S. The lowest BCUT2D eigenvalue weighted by molar-refractivity contribution is -0.0574. The number of nitrogens with zero attached hydrogens (tertiary/aromatic N) is 1. The first-order valence-corrected chi connectivity index (χ1v) is 8.71. The summed E-state index contributed by atoms with van der Waals surface area (Å²) < 4.78 is 29.3. The van der Waals surface area contributed by atoms with E-state index in [0.29, 0.717) is 25.4 Å².